The molecule has 0 aromatic carbocycles. The molecule has 0 spiro atoms. The fourth-order valence-electron chi connectivity index (χ4n) is 1.90. The van der Waals surface area contributed by atoms with E-state index in [2.05, 4.69) is 0 Å². The van der Waals surface area contributed by atoms with Crippen LogP contribution in [0, 0.1) is 5.92 Å². The highest BCUT2D eigenvalue weighted by Crippen LogP contribution is 2.27. The smallest absolute Gasteiger partial charge is 0.0574 e. The van der Waals surface area contributed by atoms with Crippen LogP contribution >= 0.6 is 0 Å². The van der Waals surface area contributed by atoms with Crippen LogP contribution in [0.15, 0.2) is 0 Å². The minimum absolute atomic E-state index is 0.334. The highest BCUT2D eigenvalue weighted by Gasteiger charge is 2.20. The van der Waals surface area contributed by atoms with Gasteiger partial charge >= 0.3 is 0 Å². The van der Waals surface area contributed by atoms with Crippen LogP contribution in [0.2, 0.25) is 0 Å². The van der Waals surface area contributed by atoms with E-state index in [1.165, 1.54) is 19.3 Å². The Morgan fingerprint density at radius 1 is 1.45 bits per heavy atom. The number of ether oxygens (including phenoxy) is 1. The Hall–Kier alpha value is -0.0800. The Balaban J connectivity index is 2.21. The van der Waals surface area contributed by atoms with Crippen molar-refractivity contribution in [3.63, 3.8) is 0 Å². The van der Waals surface area contributed by atoms with E-state index in [9.17, 15) is 0 Å². The quantitative estimate of drug-likeness (QED) is 0.675. The van der Waals surface area contributed by atoms with Crippen LogP contribution in [-0.4, -0.2) is 24.9 Å². The topological polar surface area (TPSA) is 29.5 Å². The summed E-state index contributed by atoms with van der Waals surface area (Å²) < 4.78 is 5.29. The molecule has 2 heteroatoms. The van der Waals surface area contributed by atoms with E-state index < -0.39 is 0 Å². The number of aliphatic hydroxyl groups is 1. The summed E-state index contributed by atoms with van der Waals surface area (Å²) in [6, 6.07) is 0. The second-order valence-corrected chi connectivity index (χ2v) is 3.40. The van der Waals surface area contributed by atoms with Gasteiger partial charge in [0.05, 0.1) is 6.10 Å². The summed E-state index contributed by atoms with van der Waals surface area (Å²) in [4.78, 5) is 0. The molecule has 1 rings (SSSR count). The van der Waals surface area contributed by atoms with Gasteiger partial charge in [-0.05, 0) is 25.2 Å². The van der Waals surface area contributed by atoms with Crippen molar-refractivity contribution in [2.45, 2.75) is 38.2 Å². The average molecular weight is 158 g/mol. The lowest BCUT2D eigenvalue weighted by Crippen LogP contribution is -2.22. The number of methoxy groups -OCH3 is 1. The standard InChI is InChI=1S/C9H18O2/c1-11-9-4-2-3-8(7-9)5-6-10/h8-10H,2-7H2,1H3/t8?,9-/m0/s1. The van der Waals surface area contributed by atoms with Gasteiger partial charge in [-0.2, -0.15) is 0 Å². The maximum Gasteiger partial charge on any atom is 0.0574 e. The summed E-state index contributed by atoms with van der Waals surface area (Å²) >= 11 is 0. The molecule has 11 heavy (non-hydrogen) atoms. The Morgan fingerprint density at radius 2 is 2.27 bits per heavy atom. The van der Waals surface area contributed by atoms with Crippen LogP contribution < -0.4 is 0 Å². The van der Waals surface area contributed by atoms with Gasteiger partial charge in [-0.25, -0.2) is 0 Å². The molecule has 1 fully saturated rings. The minimum Gasteiger partial charge on any atom is -0.396 e. The molecule has 0 radical (unpaired) electrons. The van der Waals surface area contributed by atoms with E-state index in [4.69, 9.17) is 9.84 Å². The Bertz CT molecular complexity index is 102. The second-order valence-electron chi connectivity index (χ2n) is 3.40. The lowest BCUT2D eigenvalue weighted by molar-refractivity contribution is 0.0452. The van der Waals surface area contributed by atoms with Crippen LogP contribution in [-0.2, 0) is 4.74 Å². The van der Waals surface area contributed by atoms with E-state index in [-0.39, 0.29) is 0 Å². The van der Waals surface area contributed by atoms with E-state index in [0.29, 0.717) is 18.6 Å². The van der Waals surface area contributed by atoms with Crippen molar-refractivity contribution >= 4 is 0 Å². The molecule has 2 atom stereocenters. The van der Waals surface area contributed by atoms with Gasteiger partial charge in [0.15, 0.2) is 0 Å². The maximum atomic E-state index is 8.74. The predicted molar refractivity (Wildman–Crippen MR) is 44.5 cm³/mol. The largest absolute Gasteiger partial charge is 0.396 e. The van der Waals surface area contributed by atoms with Gasteiger partial charge in [0.2, 0.25) is 0 Å². The molecular weight excluding hydrogens is 140 g/mol. The molecule has 1 saturated carbocycles. The maximum absolute atomic E-state index is 8.74. The molecule has 0 bridgehead atoms. The first-order valence-corrected chi connectivity index (χ1v) is 4.50. The van der Waals surface area contributed by atoms with Crippen molar-refractivity contribution in [1.82, 2.24) is 0 Å². The van der Waals surface area contributed by atoms with Crippen molar-refractivity contribution in [3.05, 3.63) is 0 Å². The second kappa shape index (κ2) is 4.73. The molecule has 0 aromatic heterocycles. The number of aliphatic hydroxyl groups excluding tert-OH is 1. The van der Waals surface area contributed by atoms with Crippen LogP contribution in [0.25, 0.3) is 0 Å². The lowest BCUT2D eigenvalue weighted by Gasteiger charge is -2.27. The fourth-order valence-corrected chi connectivity index (χ4v) is 1.90. The summed E-state index contributed by atoms with van der Waals surface area (Å²) in [6.07, 6.45) is 6.32. The first-order chi connectivity index (χ1) is 5.36. The number of rotatable bonds is 3. The molecule has 1 aliphatic rings. The zero-order valence-electron chi connectivity index (χ0n) is 7.25. The lowest BCUT2D eigenvalue weighted by atomic mass is 9.85. The van der Waals surface area contributed by atoms with E-state index >= 15 is 0 Å². The fraction of sp³-hybridized carbons (Fsp3) is 1.00. The summed E-state index contributed by atoms with van der Waals surface area (Å²) in [5.74, 6) is 0.707. The van der Waals surface area contributed by atoms with E-state index in [0.717, 1.165) is 12.8 Å². The van der Waals surface area contributed by atoms with Crippen LogP contribution in [0.5, 0.6) is 0 Å². The summed E-state index contributed by atoms with van der Waals surface area (Å²) in [5, 5.41) is 8.74. The highest BCUT2D eigenvalue weighted by atomic mass is 16.5. The van der Waals surface area contributed by atoms with Crippen molar-refractivity contribution in [3.8, 4) is 0 Å². The predicted octanol–water partition coefficient (Wildman–Crippen LogP) is 1.57. The Kier molecular flexibility index (Phi) is 3.87. The molecule has 0 amide bonds. The molecule has 0 aromatic rings. The van der Waals surface area contributed by atoms with Crippen molar-refractivity contribution in [2.75, 3.05) is 13.7 Å². The Labute approximate surface area is 68.6 Å². The van der Waals surface area contributed by atoms with E-state index in [1.54, 1.807) is 7.11 Å². The first kappa shape index (κ1) is 9.01. The van der Waals surface area contributed by atoms with Gasteiger partial charge in [-0.15, -0.1) is 0 Å². The van der Waals surface area contributed by atoms with Crippen LogP contribution in [0.1, 0.15) is 32.1 Å². The normalized spacial score (nSPS) is 32.2. The zero-order valence-corrected chi connectivity index (χ0v) is 7.25. The van der Waals surface area contributed by atoms with Gasteiger partial charge < -0.3 is 9.84 Å². The molecule has 0 aliphatic heterocycles. The minimum atomic E-state index is 0.334. The summed E-state index contributed by atoms with van der Waals surface area (Å²) in [7, 11) is 1.78. The van der Waals surface area contributed by atoms with E-state index in [1.807, 2.05) is 0 Å². The molecule has 1 N–H and O–H groups in total. The van der Waals surface area contributed by atoms with Gasteiger partial charge in [-0.3, -0.25) is 0 Å². The summed E-state index contributed by atoms with van der Waals surface area (Å²) in [6.45, 7) is 0.334. The van der Waals surface area contributed by atoms with Gasteiger partial charge in [0, 0.05) is 13.7 Å². The third-order valence-corrected chi connectivity index (χ3v) is 2.61. The van der Waals surface area contributed by atoms with Crippen molar-refractivity contribution in [2.24, 2.45) is 5.92 Å². The SMILES string of the molecule is CO[C@H]1CCCC(CCO)C1. The molecule has 66 valence electrons. The van der Waals surface area contributed by atoms with Crippen molar-refractivity contribution < 1.29 is 9.84 Å². The molecule has 1 aliphatic carbocycles. The zero-order chi connectivity index (χ0) is 8.10. The van der Waals surface area contributed by atoms with Crippen LogP contribution in [0.4, 0.5) is 0 Å². The summed E-state index contributed by atoms with van der Waals surface area (Å²) in [5.41, 5.74) is 0. The van der Waals surface area contributed by atoms with Gasteiger partial charge in [0.25, 0.3) is 0 Å². The molecule has 1 unspecified atom stereocenters. The highest BCUT2D eigenvalue weighted by molar-refractivity contribution is 4.72. The average Bonchev–Trinajstić information content (AvgIpc) is 2.06. The molecule has 2 nitrogen and oxygen atoms in total. The molecular formula is C9H18O2. The molecule has 0 heterocycles. The van der Waals surface area contributed by atoms with Gasteiger partial charge in [0.1, 0.15) is 0 Å². The number of hydrogen-bond donors (Lipinski definition) is 1. The van der Waals surface area contributed by atoms with Crippen molar-refractivity contribution in [1.29, 1.82) is 0 Å². The first-order valence-electron chi connectivity index (χ1n) is 4.50. The third-order valence-electron chi connectivity index (χ3n) is 2.61. The molecule has 0 saturated heterocycles. The number of hydrogen-bond acceptors (Lipinski definition) is 2. The Morgan fingerprint density at radius 3 is 2.91 bits per heavy atom. The third kappa shape index (κ3) is 2.80. The van der Waals surface area contributed by atoms with Crippen LogP contribution in [0.3, 0.4) is 0 Å². The van der Waals surface area contributed by atoms with Gasteiger partial charge in [-0.1, -0.05) is 12.8 Å². The monoisotopic (exact) mass is 158 g/mol.